The van der Waals surface area contributed by atoms with Crippen molar-refractivity contribution in [3.63, 3.8) is 0 Å². The Kier molecular flexibility index (Phi) is 3.77. The molecule has 18 heavy (non-hydrogen) atoms. The van der Waals surface area contributed by atoms with E-state index in [-0.39, 0.29) is 5.56 Å². The van der Waals surface area contributed by atoms with E-state index in [9.17, 15) is 4.79 Å². The van der Waals surface area contributed by atoms with E-state index in [2.05, 4.69) is 15.2 Å². The second-order valence-corrected chi connectivity index (χ2v) is 4.92. The van der Waals surface area contributed by atoms with Crippen molar-refractivity contribution in [3.05, 3.63) is 45.3 Å². The number of hydrogen-bond donors (Lipinski definition) is 1. The van der Waals surface area contributed by atoms with Gasteiger partial charge < -0.3 is 0 Å². The summed E-state index contributed by atoms with van der Waals surface area (Å²) in [5, 5.41) is 6.99. The molecule has 0 amide bonds. The maximum atomic E-state index is 11.6. The number of H-pyrrole nitrogens is 1. The van der Waals surface area contributed by atoms with Gasteiger partial charge in [-0.3, -0.25) is 4.79 Å². The van der Waals surface area contributed by atoms with Crippen molar-refractivity contribution in [1.82, 2.24) is 15.2 Å². The predicted octanol–water partition coefficient (Wildman–Crippen LogP) is 2.68. The van der Waals surface area contributed by atoms with Crippen molar-refractivity contribution in [1.29, 1.82) is 0 Å². The third-order valence-corrected chi connectivity index (χ3v) is 2.81. The van der Waals surface area contributed by atoms with Crippen LogP contribution in [0.4, 0.5) is 0 Å². The van der Waals surface area contributed by atoms with Crippen LogP contribution >= 0.6 is 11.6 Å². The molecule has 1 aromatic heterocycles. The molecule has 0 unspecified atom stereocenters. The van der Waals surface area contributed by atoms with Gasteiger partial charge in [0.15, 0.2) is 5.82 Å². The van der Waals surface area contributed by atoms with Crippen molar-refractivity contribution in [2.45, 2.75) is 20.3 Å². The van der Waals surface area contributed by atoms with Crippen LogP contribution in [0, 0.1) is 5.92 Å². The largest absolute Gasteiger partial charge is 0.285 e. The summed E-state index contributed by atoms with van der Waals surface area (Å²) in [6.07, 6.45) is 0.620. The molecule has 1 N–H and O–H groups in total. The molecule has 0 aliphatic rings. The first-order chi connectivity index (χ1) is 8.58. The van der Waals surface area contributed by atoms with Crippen LogP contribution < -0.4 is 5.56 Å². The van der Waals surface area contributed by atoms with E-state index in [1.807, 2.05) is 32.0 Å². The van der Waals surface area contributed by atoms with Gasteiger partial charge in [0.05, 0.1) is 5.02 Å². The minimum Gasteiger partial charge on any atom is -0.266 e. The lowest BCUT2D eigenvalue weighted by molar-refractivity contribution is 0.624. The van der Waals surface area contributed by atoms with Gasteiger partial charge in [0, 0.05) is 5.56 Å². The Balaban J connectivity index is 2.47. The Morgan fingerprint density at radius 3 is 2.72 bits per heavy atom. The van der Waals surface area contributed by atoms with Gasteiger partial charge in [-0.1, -0.05) is 37.6 Å². The van der Waals surface area contributed by atoms with Crippen LogP contribution in [0.1, 0.15) is 19.5 Å². The molecule has 0 atom stereocenters. The summed E-state index contributed by atoms with van der Waals surface area (Å²) in [4.78, 5) is 15.9. The highest BCUT2D eigenvalue weighted by atomic mass is 35.5. The number of benzene rings is 1. The molecular weight excluding hydrogens is 250 g/mol. The van der Waals surface area contributed by atoms with Crippen LogP contribution in [0.2, 0.25) is 5.02 Å². The molecule has 0 saturated carbocycles. The summed E-state index contributed by atoms with van der Waals surface area (Å²) >= 11 is 6.08. The number of nitrogens with one attached hydrogen (secondary N) is 1. The van der Waals surface area contributed by atoms with E-state index < -0.39 is 0 Å². The third-order valence-electron chi connectivity index (χ3n) is 2.48. The van der Waals surface area contributed by atoms with Gasteiger partial charge in [-0.25, -0.2) is 10.1 Å². The van der Waals surface area contributed by atoms with Crippen molar-refractivity contribution in [3.8, 4) is 11.4 Å². The van der Waals surface area contributed by atoms with Crippen molar-refractivity contribution >= 4 is 11.6 Å². The zero-order valence-electron chi connectivity index (χ0n) is 10.3. The highest BCUT2D eigenvalue weighted by Crippen LogP contribution is 2.23. The molecule has 2 rings (SSSR count). The van der Waals surface area contributed by atoms with Gasteiger partial charge in [0.25, 0.3) is 5.56 Å². The van der Waals surface area contributed by atoms with Gasteiger partial charge in [-0.05, 0) is 24.5 Å². The fourth-order valence-electron chi connectivity index (χ4n) is 1.66. The molecule has 0 spiro atoms. The fraction of sp³-hybridized carbons (Fsp3) is 0.308. The van der Waals surface area contributed by atoms with Gasteiger partial charge in [0.1, 0.15) is 5.69 Å². The van der Waals surface area contributed by atoms with Crippen LogP contribution in [0.15, 0.2) is 29.1 Å². The first-order valence-electron chi connectivity index (χ1n) is 5.78. The number of aromatic nitrogens is 3. The molecule has 0 saturated heterocycles. The average molecular weight is 264 g/mol. The smallest absolute Gasteiger partial charge is 0.266 e. The molecule has 0 radical (unpaired) electrons. The zero-order chi connectivity index (χ0) is 13.1. The molecule has 2 aromatic rings. The number of aromatic amines is 1. The molecule has 5 heteroatoms. The van der Waals surface area contributed by atoms with Crippen LogP contribution in [-0.4, -0.2) is 15.2 Å². The lowest BCUT2D eigenvalue weighted by atomic mass is 10.1. The van der Waals surface area contributed by atoms with Gasteiger partial charge >= 0.3 is 0 Å². The predicted molar refractivity (Wildman–Crippen MR) is 71.6 cm³/mol. The first-order valence-corrected chi connectivity index (χ1v) is 6.16. The maximum absolute atomic E-state index is 11.6. The molecule has 1 aromatic carbocycles. The molecule has 1 heterocycles. The SMILES string of the molecule is CC(C)Cc1nc(-c2ccccc2Cl)n[nH]c1=O. The molecule has 94 valence electrons. The minimum absolute atomic E-state index is 0.237. The highest BCUT2D eigenvalue weighted by molar-refractivity contribution is 6.33. The van der Waals surface area contributed by atoms with Crippen LogP contribution in [-0.2, 0) is 6.42 Å². The molecule has 0 aliphatic heterocycles. The average Bonchev–Trinajstić information content (AvgIpc) is 2.32. The number of halogens is 1. The summed E-state index contributed by atoms with van der Waals surface area (Å²) < 4.78 is 0. The number of nitrogens with zero attached hydrogens (tertiary/aromatic N) is 2. The lowest BCUT2D eigenvalue weighted by Gasteiger charge is -2.06. The molecule has 0 aliphatic carbocycles. The molecule has 0 fully saturated rings. The summed E-state index contributed by atoms with van der Waals surface area (Å²) in [5.74, 6) is 0.816. The van der Waals surface area contributed by atoms with E-state index in [1.165, 1.54) is 0 Å². The third kappa shape index (κ3) is 2.76. The number of hydrogen-bond acceptors (Lipinski definition) is 3. The second kappa shape index (κ2) is 5.31. The highest BCUT2D eigenvalue weighted by Gasteiger charge is 2.10. The summed E-state index contributed by atoms with van der Waals surface area (Å²) in [6, 6.07) is 7.30. The molecular formula is C13H14ClN3O. The van der Waals surface area contributed by atoms with E-state index in [0.717, 1.165) is 5.56 Å². The summed E-state index contributed by atoms with van der Waals surface area (Å²) in [6.45, 7) is 4.08. The lowest BCUT2D eigenvalue weighted by Crippen LogP contribution is -2.19. The quantitative estimate of drug-likeness (QED) is 0.926. The van der Waals surface area contributed by atoms with Crippen LogP contribution in [0.5, 0.6) is 0 Å². The Bertz CT molecular complexity index is 607. The van der Waals surface area contributed by atoms with Gasteiger partial charge in [0.2, 0.25) is 0 Å². The fourth-order valence-corrected chi connectivity index (χ4v) is 1.88. The van der Waals surface area contributed by atoms with Crippen LogP contribution in [0.3, 0.4) is 0 Å². The van der Waals surface area contributed by atoms with E-state index >= 15 is 0 Å². The minimum atomic E-state index is -0.237. The van der Waals surface area contributed by atoms with E-state index in [1.54, 1.807) is 6.07 Å². The van der Waals surface area contributed by atoms with E-state index in [4.69, 9.17) is 11.6 Å². The van der Waals surface area contributed by atoms with Gasteiger partial charge in [-0.2, -0.15) is 5.10 Å². The number of rotatable bonds is 3. The van der Waals surface area contributed by atoms with Gasteiger partial charge in [-0.15, -0.1) is 0 Å². The zero-order valence-corrected chi connectivity index (χ0v) is 11.0. The Morgan fingerprint density at radius 2 is 2.06 bits per heavy atom. The maximum Gasteiger partial charge on any atom is 0.285 e. The van der Waals surface area contributed by atoms with Crippen molar-refractivity contribution < 1.29 is 0 Å². The van der Waals surface area contributed by atoms with Crippen molar-refractivity contribution in [2.75, 3.05) is 0 Å². The normalized spacial score (nSPS) is 10.9. The Morgan fingerprint density at radius 1 is 1.33 bits per heavy atom. The topological polar surface area (TPSA) is 58.6 Å². The van der Waals surface area contributed by atoms with Crippen molar-refractivity contribution in [2.24, 2.45) is 5.92 Å². The molecule has 0 bridgehead atoms. The van der Waals surface area contributed by atoms with E-state index in [0.29, 0.717) is 28.9 Å². The Labute approximate surface area is 110 Å². The first kappa shape index (κ1) is 12.8. The summed E-state index contributed by atoms with van der Waals surface area (Å²) in [5.41, 5.74) is 0.981. The standard InChI is InChI=1S/C13H14ClN3O/c1-8(2)7-11-13(18)17-16-12(15-11)9-5-3-4-6-10(9)14/h3-6,8H,7H2,1-2H3,(H,17,18). The van der Waals surface area contributed by atoms with Crippen LogP contribution in [0.25, 0.3) is 11.4 Å². The second-order valence-electron chi connectivity index (χ2n) is 4.51. The summed E-state index contributed by atoms with van der Waals surface area (Å²) in [7, 11) is 0. The molecule has 4 nitrogen and oxygen atoms in total. The monoisotopic (exact) mass is 263 g/mol. The Hall–Kier alpha value is -1.68.